The van der Waals surface area contributed by atoms with Gasteiger partial charge in [0.05, 0.1) is 12.3 Å². The largest absolute Gasteiger partial charge is 0.384 e. The Morgan fingerprint density at radius 3 is 2.87 bits per heavy atom. The van der Waals surface area contributed by atoms with E-state index in [0.717, 1.165) is 0 Å². The Morgan fingerprint density at radius 2 is 2.33 bits per heavy atom. The maximum Gasteiger partial charge on any atom is 0.147 e. The average molecular weight is 211 g/mol. The molecule has 0 fully saturated rings. The van der Waals surface area contributed by atoms with E-state index in [-0.39, 0.29) is 5.84 Å². The molecule has 4 nitrogen and oxygen atoms in total. The number of nitrogens with two attached hydrogens (primary N) is 1. The zero-order chi connectivity index (χ0) is 11.3. The van der Waals surface area contributed by atoms with Gasteiger partial charge in [0.2, 0.25) is 0 Å². The number of nitrogens with one attached hydrogen (secondary N) is 2. The Bertz CT molecular complexity index is 355. The normalized spacial score (nSPS) is 10.0. The molecule has 82 valence electrons. The molecule has 0 aliphatic carbocycles. The topological polar surface area (TPSA) is 71.1 Å². The maximum atomic E-state index is 13.4. The Balaban J connectivity index is 2.70. The monoisotopic (exact) mass is 211 g/mol. The quantitative estimate of drug-likeness (QED) is 0.389. The standard InChI is InChI=1S/C10H14FN3O/c1-15-5-4-14-9-3-2-7(10(12)13)6-8(9)11/h2-3,6,14H,4-5H2,1H3,(H3,12,13). The Hall–Kier alpha value is -1.62. The van der Waals surface area contributed by atoms with Crippen LogP contribution in [0.1, 0.15) is 5.56 Å². The van der Waals surface area contributed by atoms with Crippen molar-refractivity contribution < 1.29 is 9.13 Å². The maximum absolute atomic E-state index is 13.4. The van der Waals surface area contributed by atoms with Gasteiger partial charge >= 0.3 is 0 Å². The van der Waals surface area contributed by atoms with E-state index in [0.29, 0.717) is 24.4 Å². The number of ether oxygens (including phenoxy) is 1. The van der Waals surface area contributed by atoms with Crippen LogP contribution in [0.15, 0.2) is 18.2 Å². The van der Waals surface area contributed by atoms with Gasteiger partial charge in [-0.1, -0.05) is 0 Å². The zero-order valence-corrected chi connectivity index (χ0v) is 8.51. The van der Waals surface area contributed by atoms with Gasteiger partial charge in [-0.3, -0.25) is 5.41 Å². The molecular weight excluding hydrogens is 197 g/mol. The first-order valence-electron chi connectivity index (χ1n) is 4.52. The molecule has 0 atom stereocenters. The van der Waals surface area contributed by atoms with E-state index in [9.17, 15) is 4.39 Å². The molecule has 15 heavy (non-hydrogen) atoms. The van der Waals surface area contributed by atoms with Gasteiger partial charge in [-0.15, -0.1) is 0 Å². The van der Waals surface area contributed by atoms with E-state index >= 15 is 0 Å². The van der Waals surface area contributed by atoms with E-state index in [1.807, 2.05) is 0 Å². The Kier molecular flexibility index (Phi) is 4.05. The van der Waals surface area contributed by atoms with Gasteiger partial charge in [-0.05, 0) is 18.2 Å². The number of amidine groups is 1. The van der Waals surface area contributed by atoms with E-state index in [1.54, 1.807) is 19.2 Å². The second-order valence-electron chi connectivity index (χ2n) is 3.03. The van der Waals surface area contributed by atoms with Crippen LogP contribution in [0.25, 0.3) is 0 Å². The third kappa shape index (κ3) is 3.21. The number of nitrogen functional groups attached to an aromatic ring is 1. The van der Waals surface area contributed by atoms with Gasteiger partial charge in [0, 0.05) is 19.2 Å². The van der Waals surface area contributed by atoms with E-state index < -0.39 is 5.82 Å². The van der Waals surface area contributed by atoms with Crippen LogP contribution < -0.4 is 11.1 Å². The minimum Gasteiger partial charge on any atom is -0.384 e. The van der Waals surface area contributed by atoms with Gasteiger partial charge in [-0.25, -0.2) is 4.39 Å². The molecule has 4 N–H and O–H groups in total. The smallest absolute Gasteiger partial charge is 0.147 e. The molecule has 1 aromatic carbocycles. The first-order chi connectivity index (χ1) is 7.15. The van der Waals surface area contributed by atoms with Crippen molar-refractivity contribution in [2.75, 3.05) is 25.6 Å². The number of benzene rings is 1. The number of rotatable bonds is 5. The van der Waals surface area contributed by atoms with Crippen LogP contribution in [0.3, 0.4) is 0 Å². The lowest BCUT2D eigenvalue weighted by atomic mass is 10.2. The fourth-order valence-corrected chi connectivity index (χ4v) is 1.11. The Morgan fingerprint density at radius 1 is 1.60 bits per heavy atom. The van der Waals surface area contributed by atoms with Crippen LogP contribution in [-0.2, 0) is 4.74 Å². The predicted octanol–water partition coefficient (Wildman–Crippen LogP) is 1.17. The van der Waals surface area contributed by atoms with Crippen molar-refractivity contribution in [2.24, 2.45) is 5.73 Å². The number of anilines is 1. The molecule has 0 heterocycles. The second kappa shape index (κ2) is 5.31. The molecule has 0 amide bonds. The van der Waals surface area contributed by atoms with Gasteiger partial charge in [-0.2, -0.15) is 0 Å². The fourth-order valence-electron chi connectivity index (χ4n) is 1.11. The molecule has 1 aromatic rings. The van der Waals surface area contributed by atoms with Crippen LogP contribution in [0, 0.1) is 11.2 Å². The van der Waals surface area contributed by atoms with Crippen molar-refractivity contribution in [1.29, 1.82) is 5.41 Å². The summed E-state index contributed by atoms with van der Waals surface area (Å²) in [6, 6.07) is 4.39. The molecule has 0 aliphatic rings. The molecule has 0 unspecified atom stereocenters. The molecule has 0 aromatic heterocycles. The van der Waals surface area contributed by atoms with Crippen LogP contribution in [0.2, 0.25) is 0 Å². The van der Waals surface area contributed by atoms with Crippen LogP contribution in [0.4, 0.5) is 10.1 Å². The highest BCUT2D eigenvalue weighted by atomic mass is 19.1. The van der Waals surface area contributed by atoms with Crippen molar-refractivity contribution in [1.82, 2.24) is 0 Å². The lowest BCUT2D eigenvalue weighted by molar-refractivity contribution is 0.210. The van der Waals surface area contributed by atoms with Gasteiger partial charge in [0.25, 0.3) is 0 Å². The average Bonchev–Trinajstić information content (AvgIpc) is 2.20. The van der Waals surface area contributed by atoms with Gasteiger partial charge in [0.15, 0.2) is 0 Å². The Labute approximate surface area is 87.7 Å². The number of hydrogen-bond acceptors (Lipinski definition) is 3. The molecular formula is C10H14FN3O. The van der Waals surface area contributed by atoms with Crippen LogP contribution >= 0.6 is 0 Å². The first kappa shape index (κ1) is 11.5. The van der Waals surface area contributed by atoms with Crippen molar-refractivity contribution in [3.8, 4) is 0 Å². The molecule has 0 radical (unpaired) electrons. The summed E-state index contributed by atoms with van der Waals surface area (Å²) < 4.78 is 18.2. The molecule has 0 aliphatic heterocycles. The predicted molar refractivity (Wildman–Crippen MR) is 57.8 cm³/mol. The van der Waals surface area contributed by atoms with E-state index in [4.69, 9.17) is 15.9 Å². The summed E-state index contributed by atoms with van der Waals surface area (Å²) in [5.74, 6) is -0.559. The molecule has 1 rings (SSSR count). The summed E-state index contributed by atoms with van der Waals surface area (Å²) in [5, 5.41) is 10.0. The number of hydrogen-bond donors (Lipinski definition) is 3. The fraction of sp³-hybridized carbons (Fsp3) is 0.300. The SMILES string of the molecule is COCCNc1ccc(C(=N)N)cc1F. The van der Waals surface area contributed by atoms with Crippen LogP contribution in [-0.4, -0.2) is 26.1 Å². The summed E-state index contributed by atoms with van der Waals surface area (Å²) in [7, 11) is 1.58. The van der Waals surface area contributed by atoms with Crippen molar-refractivity contribution in [3.05, 3.63) is 29.6 Å². The van der Waals surface area contributed by atoms with Crippen molar-refractivity contribution in [2.45, 2.75) is 0 Å². The van der Waals surface area contributed by atoms with Crippen molar-refractivity contribution >= 4 is 11.5 Å². The third-order valence-corrected chi connectivity index (χ3v) is 1.90. The summed E-state index contributed by atoms with van der Waals surface area (Å²) in [6.45, 7) is 1.04. The summed E-state index contributed by atoms with van der Waals surface area (Å²) in [6.07, 6.45) is 0. The van der Waals surface area contributed by atoms with Crippen LogP contribution in [0.5, 0.6) is 0 Å². The summed E-state index contributed by atoms with van der Waals surface area (Å²) >= 11 is 0. The van der Waals surface area contributed by atoms with Crippen molar-refractivity contribution in [3.63, 3.8) is 0 Å². The molecule has 5 heteroatoms. The first-order valence-corrected chi connectivity index (χ1v) is 4.52. The highest BCUT2D eigenvalue weighted by molar-refractivity contribution is 5.95. The zero-order valence-electron chi connectivity index (χ0n) is 8.51. The second-order valence-corrected chi connectivity index (χ2v) is 3.03. The summed E-state index contributed by atoms with van der Waals surface area (Å²) in [4.78, 5) is 0. The van der Waals surface area contributed by atoms with E-state index in [1.165, 1.54) is 6.07 Å². The number of methoxy groups -OCH3 is 1. The van der Waals surface area contributed by atoms with Gasteiger partial charge < -0.3 is 15.8 Å². The summed E-state index contributed by atoms with van der Waals surface area (Å²) in [5.41, 5.74) is 6.00. The highest BCUT2D eigenvalue weighted by Gasteiger charge is 2.04. The minimum absolute atomic E-state index is 0.141. The van der Waals surface area contributed by atoms with E-state index in [2.05, 4.69) is 5.32 Å². The molecule has 0 bridgehead atoms. The lowest BCUT2D eigenvalue weighted by Gasteiger charge is -2.07. The highest BCUT2D eigenvalue weighted by Crippen LogP contribution is 2.14. The molecule has 0 spiro atoms. The lowest BCUT2D eigenvalue weighted by Crippen LogP contribution is -2.13. The van der Waals surface area contributed by atoms with Gasteiger partial charge in [0.1, 0.15) is 11.7 Å². The number of halogens is 1. The molecule has 0 saturated carbocycles. The minimum atomic E-state index is -0.418. The molecule has 0 saturated heterocycles. The third-order valence-electron chi connectivity index (χ3n) is 1.90.